The quantitative estimate of drug-likeness (QED) is 0.820. The second-order valence-electron chi connectivity index (χ2n) is 4.32. The van der Waals surface area contributed by atoms with Gasteiger partial charge in [0.2, 0.25) is 0 Å². The zero-order valence-electron chi connectivity index (χ0n) is 9.88. The number of aromatic amines is 1. The van der Waals surface area contributed by atoms with Crippen LogP contribution in [-0.2, 0) is 0 Å². The molecule has 0 saturated heterocycles. The molecule has 4 heteroatoms. The Morgan fingerprint density at radius 3 is 2.94 bits per heavy atom. The normalized spacial score (nSPS) is 11.3. The summed E-state index contributed by atoms with van der Waals surface area (Å²) in [6.45, 7) is 4.37. The Labute approximate surface area is 105 Å². The van der Waals surface area contributed by atoms with Crippen molar-refractivity contribution in [2.45, 2.75) is 19.9 Å². The van der Waals surface area contributed by atoms with E-state index in [9.17, 15) is 4.79 Å². The van der Waals surface area contributed by atoms with Crippen LogP contribution in [-0.4, -0.2) is 23.4 Å². The number of benzene rings is 1. The SMILES string of the molecule is CC(C)NCC(=O)c1c[nH]c2c(Cl)cccc12. The molecule has 0 aliphatic carbocycles. The van der Waals surface area contributed by atoms with Gasteiger partial charge in [0.15, 0.2) is 5.78 Å². The van der Waals surface area contributed by atoms with Crippen LogP contribution < -0.4 is 5.32 Å². The van der Waals surface area contributed by atoms with Crippen molar-refractivity contribution in [1.29, 1.82) is 0 Å². The molecule has 17 heavy (non-hydrogen) atoms. The van der Waals surface area contributed by atoms with Gasteiger partial charge in [-0.2, -0.15) is 0 Å². The summed E-state index contributed by atoms with van der Waals surface area (Å²) in [4.78, 5) is 15.1. The molecule has 1 aromatic carbocycles. The molecule has 1 aromatic heterocycles. The lowest BCUT2D eigenvalue weighted by atomic mass is 10.1. The summed E-state index contributed by atoms with van der Waals surface area (Å²) in [5, 5.41) is 4.64. The van der Waals surface area contributed by atoms with Gasteiger partial charge in [0.05, 0.1) is 17.1 Å². The van der Waals surface area contributed by atoms with Crippen LogP contribution in [0.15, 0.2) is 24.4 Å². The van der Waals surface area contributed by atoms with Crippen molar-refractivity contribution in [3.8, 4) is 0 Å². The minimum absolute atomic E-state index is 0.0761. The van der Waals surface area contributed by atoms with Gasteiger partial charge in [0.1, 0.15) is 0 Å². The number of hydrogen-bond acceptors (Lipinski definition) is 2. The minimum Gasteiger partial charge on any atom is -0.359 e. The fourth-order valence-electron chi connectivity index (χ4n) is 1.74. The van der Waals surface area contributed by atoms with E-state index in [2.05, 4.69) is 10.3 Å². The van der Waals surface area contributed by atoms with Crippen LogP contribution in [0.3, 0.4) is 0 Å². The number of nitrogens with one attached hydrogen (secondary N) is 2. The third-order valence-electron chi connectivity index (χ3n) is 2.64. The van der Waals surface area contributed by atoms with Gasteiger partial charge in [-0.25, -0.2) is 0 Å². The fourth-order valence-corrected chi connectivity index (χ4v) is 1.97. The van der Waals surface area contributed by atoms with Crippen LogP contribution in [0, 0.1) is 0 Å². The molecule has 2 N–H and O–H groups in total. The van der Waals surface area contributed by atoms with Crippen molar-refractivity contribution in [2.75, 3.05) is 6.54 Å². The Morgan fingerprint density at radius 1 is 1.47 bits per heavy atom. The zero-order chi connectivity index (χ0) is 12.4. The number of para-hydroxylation sites is 1. The van der Waals surface area contributed by atoms with E-state index in [-0.39, 0.29) is 5.78 Å². The molecular weight excluding hydrogens is 236 g/mol. The monoisotopic (exact) mass is 250 g/mol. The van der Waals surface area contributed by atoms with Crippen LogP contribution >= 0.6 is 11.6 Å². The number of ketones is 1. The molecule has 0 atom stereocenters. The molecule has 0 unspecified atom stereocenters. The second-order valence-corrected chi connectivity index (χ2v) is 4.73. The highest BCUT2D eigenvalue weighted by Crippen LogP contribution is 2.25. The number of rotatable bonds is 4. The molecule has 0 amide bonds. The van der Waals surface area contributed by atoms with E-state index in [1.165, 1.54) is 0 Å². The Bertz CT molecular complexity index is 545. The molecule has 2 rings (SSSR count). The Balaban J connectivity index is 2.30. The number of carbonyl (C=O) groups excluding carboxylic acids is 1. The number of H-pyrrole nitrogens is 1. The van der Waals surface area contributed by atoms with Crippen molar-refractivity contribution < 1.29 is 4.79 Å². The van der Waals surface area contributed by atoms with E-state index in [4.69, 9.17) is 11.6 Å². The van der Waals surface area contributed by atoms with Crippen molar-refractivity contribution in [2.24, 2.45) is 0 Å². The maximum atomic E-state index is 12.0. The van der Waals surface area contributed by atoms with Crippen LogP contribution in [0.4, 0.5) is 0 Å². The lowest BCUT2D eigenvalue weighted by molar-refractivity contribution is 0.0990. The van der Waals surface area contributed by atoms with Crippen molar-refractivity contribution in [3.05, 3.63) is 35.0 Å². The third-order valence-corrected chi connectivity index (χ3v) is 2.95. The van der Waals surface area contributed by atoms with E-state index in [1.807, 2.05) is 26.0 Å². The topological polar surface area (TPSA) is 44.9 Å². The zero-order valence-corrected chi connectivity index (χ0v) is 10.6. The maximum Gasteiger partial charge on any atom is 0.178 e. The summed E-state index contributed by atoms with van der Waals surface area (Å²) in [5.41, 5.74) is 1.51. The van der Waals surface area contributed by atoms with Crippen LogP contribution in [0.5, 0.6) is 0 Å². The lowest BCUT2D eigenvalue weighted by Gasteiger charge is -2.06. The summed E-state index contributed by atoms with van der Waals surface area (Å²) in [6, 6.07) is 5.86. The van der Waals surface area contributed by atoms with Gasteiger partial charge in [0, 0.05) is 23.2 Å². The fraction of sp³-hybridized carbons (Fsp3) is 0.308. The second kappa shape index (κ2) is 4.90. The Kier molecular flexibility index (Phi) is 3.50. The molecule has 0 aliphatic rings. The van der Waals surface area contributed by atoms with E-state index >= 15 is 0 Å². The number of carbonyl (C=O) groups is 1. The largest absolute Gasteiger partial charge is 0.359 e. The summed E-state index contributed by atoms with van der Waals surface area (Å²) in [6.07, 6.45) is 1.72. The average molecular weight is 251 g/mol. The highest BCUT2D eigenvalue weighted by atomic mass is 35.5. The van der Waals surface area contributed by atoms with Gasteiger partial charge in [-0.15, -0.1) is 0 Å². The van der Waals surface area contributed by atoms with Gasteiger partial charge in [-0.1, -0.05) is 37.6 Å². The lowest BCUT2D eigenvalue weighted by Crippen LogP contribution is -2.29. The first kappa shape index (κ1) is 12.1. The molecule has 3 nitrogen and oxygen atoms in total. The van der Waals surface area contributed by atoms with Crippen molar-refractivity contribution >= 4 is 28.3 Å². The minimum atomic E-state index is 0.0761. The van der Waals surface area contributed by atoms with Crippen molar-refractivity contribution in [3.63, 3.8) is 0 Å². The van der Waals surface area contributed by atoms with Gasteiger partial charge < -0.3 is 10.3 Å². The summed E-state index contributed by atoms with van der Waals surface area (Å²) in [7, 11) is 0. The van der Waals surface area contributed by atoms with Crippen molar-refractivity contribution in [1.82, 2.24) is 10.3 Å². The number of hydrogen-bond donors (Lipinski definition) is 2. The first-order valence-electron chi connectivity index (χ1n) is 5.61. The molecule has 0 radical (unpaired) electrons. The Morgan fingerprint density at radius 2 is 2.24 bits per heavy atom. The van der Waals surface area contributed by atoms with E-state index in [1.54, 1.807) is 12.3 Å². The van der Waals surface area contributed by atoms with Gasteiger partial charge in [0.25, 0.3) is 0 Å². The molecular formula is C13H15ClN2O. The first-order chi connectivity index (χ1) is 8.09. The number of fused-ring (bicyclic) bond motifs is 1. The van der Waals surface area contributed by atoms with E-state index < -0.39 is 0 Å². The molecule has 0 saturated carbocycles. The highest BCUT2D eigenvalue weighted by Gasteiger charge is 2.13. The number of halogens is 1. The first-order valence-corrected chi connectivity index (χ1v) is 5.99. The van der Waals surface area contributed by atoms with E-state index in [0.29, 0.717) is 23.2 Å². The van der Waals surface area contributed by atoms with Gasteiger partial charge in [-0.3, -0.25) is 4.79 Å². The highest BCUT2D eigenvalue weighted by molar-refractivity contribution is 6.35. The van der Waals surface area contributed by atoms with Crippen LogP contribution in [0.2, 0.25) is 5.02 Å². The van der Waals surface area contributed by atoms with E-state index in [0.717, 1.165) is 10.9 Å². The molecule has 90 valence electrons. The van der Waals surface area contributed by atoms with Gasteiger partial charge in [-0.05, 0) is 6.07 Å². The predicted molar refractivity (Wildman–Crippen MR) is 70.8 cm³/mol. The van der Waals surface area contributed by atoms with Gasteiger partial charge >= 0.3 is 0 Å². The number of aromatic nitrogens is 1. The summed E-state index contributed by atoms with van der Waals surface area (Å²) >= 11 is 6.04. The maximum absolute atomic E-state index is 12.0. The molecule has 2 aromatic rings. The Hall–Kier alpha value is -1.32. The smallest absolute Gasteiger partial charge is 0.178 e. The average Bonchev–Trinajstić information content (AvgIpc) is 2.71. The molecule has 0 spiro atoms. The standard InChI is InChI=1S/C13H15ClN2O/c1-8(2)15-7-12(17)10-6-16-13-9(10)4-3-5-11(13)14/h3-6,8,15-16H,7H2,1-2H3. The predicted octanol–water partition coefficient (Wildman–Crippen LogP) is 3.00. The molecule has 1 heterocycles. The molecule has 0 fully saturated rings. The molecule has 0 aliphatic heterocycles. The summed E-state index contributed by atoms with van der Waals surface area (Å²) in [5.74, 6) is 0.0761. The van der Waals surface area contributed by atoms with Crippen LogP contribution in [0.1, 0.15) is 24.2 Å². The molecule has 0 bridgehead atoms. The van der Waals surface area contributed by atoms with Crippen LogP contribution in [0.25, 0.3) is 10.9 Å². The summed E-state index contributed by atoms with van der Waals surface area (Å²) < 4.78 is 0. The third kappa shape index (κ3) is 2.51. The number of Topliss-reactive ketones (excluding diaryl/α,β-unsaturated/α-hetero) is 1.